The second-order valence-electron chi connectivity index (χ2n) is 6.97. The molecule has 0 spiro atoms. The predicted molar refractivity (Wildman–Crippen MR) is 121 cm³/mol. The number of carbonyl (C=O) groups is 2. The summed E-state index contributed by atoms with van der Waals surface area (Å²) in [6.07, 6.45) is 4.67. The third-order valence-corrected chi connectivity index (χ3v) is 4.29. The molecule has 2 aromatic rings. The van der Waals surface area contributed by atoms with E-state index >= 15 is 0 Å². The van der Waals surface area contributed by atoms with Crippen molar-refractivity contribution in [3.63, 3.8) is 0 Å². The fourth-order valence-corrected chi connectivity index (χ4v) is 2.78. The van der Waals surface area contributed by atoms with Gasteiger partial charge < -0.3 is 9.47 Å². The molecule has 30 heavy (non-hydrogen) atoms. The Morgan fingerprint density at radius 2 is 1.43 bits per heavy atom. The van der Waals surface area contributed by atoms with Crippen molar-refractivity contribution < 1.29 is 19.1 Å². The molecule has 0 amide bonds. The summed E-state index contributed by atoms with van der Waals surface area (Å²) in [6, 6.07) is 11.1. The quantitative estimate of drug-likeness (QED) is 0.231. The van der Waals surface area contributed by atoms with Crippen LogP contribution in [0.1, 0.15) is 25.0 Å². The smallest absolute Gasteiger partial charge is 0.338 e. The minimum atomic E-state index is -0.468. The number of hydrogen-bond donors (Lipinski definition) is 0. The summed E-state index contributed by atoms with van der Waals surface area (Å²) in [5, 5.41) is 0. The molecule has 0 unspecified atom stereocenters. The fourth-order valence-electron chi connectivity index (χ4n) is 2.78. The van der Waals surface area contributed by atoms with Crippen LogP contribution < -0.4 is 9.47 Å². The normalized spacial score (nSPS) is 10.1. The topological polar surface area (TPSA) is 52.6 Å². The van der Waals surface area contributed by atoms with E-state index in [2.05, 4.69) is 26.3 Å². The third kappa shape index (κ3) is 5.67. The molecule has 0 heterocycles. The summed E-state index contributed by atoms with van der Waals surface area (Å²) in [5.41, 5.74) is 4.35. The molecule has 0 aromatic heterocycles. The van der Waals surface area contributed by atoms with E-state index in [1.165, 1.54) is 0 Å². The van der Waals surface area contributed by atoms with Crippen LogP contribution in [0.4, 0.5) is 0 Å². The molecule has 154 valence electrons. The Labute approximate surface area is 177 Å². The minimum Gasteiger partial charge on any atom is -0.423 e. The van der Waals surface area contributed by atoms with Gasteiger partial charge in [-0.3, -0.25) is 0 Å². The van der Waals surface area contributed by atoms with Gasteiger partial charge in [-0.1, -0.05) is 37.4 Å². The molecular weight excluding hydrogens is 376 g/mol. The van der Waals surface area contributed by atoms with Gasteiger partial charge in [0, 0.05) is 11.1 Å². The highest BCUT2D eigenvalue weighted by Gasteiger charge is 2.14. The summed E-state index contributed by atoms with van der Waals surface area (Å²) in [4.78, 5) is 23.8. The fraction of sp³-hybridized carbons (Fsp3) is 0.154. The lowest BCUT2D eigenvalue weighted by Crippen LogP contribution is -2.10. The molecule has 0 aliphatic rings. The largest absolute Gasteiger partial charge is 0.423 e. The van der Waals surface area contributed by atoms with Crippen LogP contribution in [-0.4, -0.2) is 11.9 Å². The standard InChI is InChI=1S/C26H26O4/c1-7-9-19-16-22(29-25(27)17(3)4)12-13-23(19)20-11-14-24(21(15-20)10-8-2)30-26(28)18(5)6/h7-8,11-16H,1-3,5,9-10H2,4,6H3. The van der Waals surface area contributed by atoms with Crippen LogP contribution in [0.2, 0.25) is 0 Å². The highest BCUT2D eigenvalue weighted by atomic mass is 16.5. The first-order chi connectivity index (χ1) is 14.3. The van der Waals surface area contributed by atoms with Crippen molar-refractivity contribution in [1.82, 2.24) is 0 Å². The zero-order chi connectivity index (χ0) is 22.3. The number of benzene rings is 2. The Morgan fingerprint density at radius 3 is 2.03 bits per heavy atom. The zero-order valence-electron chi connectivity index (χ0n) is 17.5. The average Bonchev–Trinajstić information content (AvgIpc) is 2.69. The molecule has 0 atom stereocenters. The van der Waals surface area contributed by atoms with Crippen molar-refractivity contribution in [3.8, 4) is 22.6 Å². The first kappa shape index (κ1) is 22.6. The Balaban J connectivity index is 2.47. The van der Waals surface area contributed by atoms with Gasteiger partial charge in [0.2, 0.25) is 0 Å². The van der Waals surface area contributed by atoms with Crippen LogP contribution in [-0.2, 0) is 22.4 Å². The zero-order valence-corrected chi connectivity index (χ0v) is 17.5. The Kier molecular flexibility index (Phi) is 7.70. The van der Waals surface area contributed by atoms with E-state index in [0.717, 1.165) is 22.3 Å². The van der Waals surface area contributed by atoms with Gasteiger partial charge in [-0.05, 0) is 73.2 Å². The van der Waals surface area contributed by atoms with Crippen LogP contribution in [0.5, 0.6) is 11.5 Å². The van der Waals surface area contributed by atoms with E-state index < -0.39 is 11.9 Å². The van der Waals surface area contributed by atoms with Crippen molar-refractivity contribution in [2.45, 2.75) is 26.7 Å². The first-order valence-electron chi connectivity index (χ1n) is 9.50. The van der Waals surface area contributed by atoms with Gasteiger partial charge in [0.1, 0.15) is 11.5 Å². The Morgan fingerprint density at radius 1 is 0.833 bits per heavy atom. The van der Waals surface area contributed by atoms with E-state index in [1.807, 2.05) is 24.3 Å². The molecule has 0 aliphatic carbocycles. The summed E-state index contributed by atoms with van der Waals surface area (Å²) in [7, 11) is 0. The van der Waals surface area contributed by atoms with E-state index in [4.69, 9.17) is 9.47 Å². The lowest BCUT2D eigenvalue weighted by atomic mass is 9.95. The molecular formula is C26H26O4. The van der Waals surface area contributed by atoms with Gasteiger partial charge >= 0.3 is 11.9 Å². The van der Waals surface area contributed by atoms with Crippen molar-refractivity contribution >= 4 is 11.9 Å². The van der Waals surface area contributed by atoms with E-state index in [1.54, 1.807) is 38.1 Å². The van der Waals surface area contributed by atoms with Crippen LogP contribution in [0.3, 0.4) is 0 Å². The van der Waals surface area contributed by atoms with E-state index in [-0.39, 0.29) is 0 Å². The lowest BCUT2D eigenvalue weighted by molar-refractivity contribution is -0.131. The molecule has 4 nitrogen and oxygen atoms in total. The molecule has 0 fully saturated rings. The second kappa shape index (κ2) is 10.2. The average molecular weight is 402 g/mol. The number of hydrogen-bond acceptors (Lipinski definition) is 4. The Hall–Kier alpha value is -3.66. The van der Waals surface area contributed by atoms with Crippen molar-refractivity contribution in [3.05, 3.63) is 97.1 Å². The van der Waals surface area contributed by atoms with E-state index in [9.17, 15) is 9.59 Å². The van der Waals surface area contributed by atoms with Gasteiger partial charge in [-0.15, -0.1) is 13.2 Å². The molecule has 2 rings (SSSR count). The summed E-state index contributed by atoms with van der Waals surface area (Å²) >= 11 is 0. The maximum absolute atomic E-state index is 11.9. The highest BCUT2D eigenvalue weighted by Crippen LogP contribution is 2.32. The SMILES string of the molecule is C=CCc1cc(-c2ccc(OC(=O)C(=C)C)cc2CC=C)ccc1OC(=O)C(=C)C. The van der Waals surface area contributed by atoms with Crippen molar-refractivity contribution in [2.75, 3.05) is 0 Å². The maximum Gasteiger partial charge on any atom is 0.338 e. The highest BCUT2D eigenvalue weighted by molar-refractivity contribution is 5.89. The number of allylic oxidation sites excluding steroid dienone is 2. The maximum atomic E-state index is 11.9. The first-order valence-corrected chi connectivity index (χ1v) is 9.50. The Bertz CT molecular complexity index is 1030. The summed E-state index contributed by atoms with van der Waals surface area (Å²) in [6.45, 7) is 18.0. The molecule has 0 saturated carbocycles. The van der Waals surface area contributed by atoms with Crippen molar-refractivity contribution in [1.29, 1.82) is 0 Å². The number of esters is 2. The lowest BCUT2D eigenvalue weighted by Gasteiger charge is -2.14. The second-order valence-corrected chi connectivity index (χ2v) is 6.97. The number of rotatable bonds is 9. The van der Waals surface area contributed by atoms with Crippen LogP contribution >= 0.6 is 0 Å². The number of carbonyl (C=O) groups excluding carboxylic acids is 2. The van der Waals surface area contributed by atoms with Crippen LogP contribution in [0, 0.1) is 0 Å². The van der Waals surface area contributed by atoms with Gasteiger partial charge in [-0.2, -0.15) is 0 Å². The summed E-state index contributed by atoms with van der Waals surface area (Å²) < 4.78 is 10.8. The monoisotopic (exact) mass is 402 g/mol. The minimum absolute atomic E-state index is 0.330. The van der Waals surface area contributed by atoms with Crippen LogP contribution in [0.15, 0.2) is 86.0 Å². The molecule has 2 aromatic carbocycles. The van der Waals surface area contributed by atoms with E-state index in [0.29, 0.717) is 35.5 Å². The van der Waals surface area contributed by atoms with Gasteiger partial charge in [0.15, 0.2) is 0 Å². The third-order valence-electron chi connectivity index (χ3n) is 4.29. The molecule has 0 radical (unpaired) electrons. The molecule has 4 heteroatoms. The number of ether oxygens (including phenoxy) is 2. The molecule has 0 aliphatic heterocycles. The molecule has 0 saturated heterocycles. The summed E-state index contributed by atoms with van der Waals surface area (Å²) in [5.74, 6) is -0.0146. The predicted octanol–water partition coefficient (Wildman–Crippen LogP) is 5.77. The van der Waals surface area contributed by atoms with Crippen molar-refractivity contribution in [2.24, 2.45) is 0 Å². The molecule has 0 N–H and O–H groups in total. The van der Waals surface area contributed by atoms with Gasteiger partial charge in [-0.25, -0.2) is 9.59 Å². The van der Waals surface area contributed by atoms with Gasteiger partial charge in [0.25, 0.3) is 0 Å². The molecule has 0 bridgehead atoms. The van der Waals surface area contributed by atoms with Crippen LogP contribution in [0.25, 0.3) is 11.1 Å². The van der Waals surface area contributed by atoms with Gasteiger partial charge in [0.05, 0.1) is 0 Å².